The molecule has 24 heavy (non-hydrogen) atoms. The van der Waals surface area contributed by atoms with E-state index in [1.807, 2.05) is 25.1 Å². The lowest BCUT2D eigenvalue weighted by atomic mass is 9.95. The number of rotatable bonds is 3. The first kappa shape index (κ1) is 14.5. The predicted octanol–water partition coefficient (Wildman–Crippen LogP) is 6.72. The van der Waals surface area contributed by atoms with Crippen molar-refractivity contribution < 1.29 is 4.42 Å². The van der Waals surface area contributed by atoms with Gasteiger partial charge in [0.1, 0.15) is 11.3 Å². The van der Waals surface area contributed by atoms with Gasteiger partial charge >= 0.3 is 0 Å². The minimum atomic E-state index is 0.933. The summed E-state index contributed by atoms with van der Waals surface area (Å²) in [6.45, 7) is 5.98. The van der Waals surface area contributed by atoms with Gasteiger partial charge in [0.15, 0.2) is 0 Å². The molecule has 0 N–H and O–H groups in total. The average Bonchev–Trinajstić information content (AvgIpc) is 2.98. The van der Waals surface area contributed by atoms with Crippen molar-refractivity contribution in [1.29, 1.82) is 0 Å². The van der Waals surface area contributed by atoms with Gasteiger partial charge in [-0.2, -0.15) is 0 Å². The molecule has 3 aromatic carbocycles. The van der Waals surface area contributed by atoms with Gasteiger partial charge in [-0.25, -0.2) is 0 Å². The number of benzene rings is 3. The van der Waals surface area contributed by atoms with Crippen molar-refractivity contribution in [3.05, 3.63) is 90.7 Å². The van der Waals surface area contributed by atoms with Crippen molar-refractivity contribution in [2.75, 3.05) is 0 Å². The Labute approximate surface area is 141 Å². The van der Waals surface area contributed by atoms with Crippen LogP contribution in [0.15, 0.2) is 83.8 Å². The molecule has 4 rings (SSSR count). The van der Waals surface area contributed by atoms with Crippen LogP contribution in [0, 0.1) is 6.92 Å². The highest BCUT2D eigenvalue weighted by Gasteiger charge is 2.17. The number of fused-ring (bicyclic) bond motifs is 1. The van der Waals surface area contributed by atoms with E-state index >= 15 is 0 Å². The summed E-state index contributed by atoms with van der Waals surface area (Å²) in [5, 5.41) is 1.14. The third kappa shape index (κ3) is 2.26. The summed E-state index contributed by atoms with van der Waals surface area (Å²) >= 11 is 0. The van der Waals surface area contributed by atoms with Crippen molar-refractivity contribution in [2.24, 2.45) is 0 Å². The van der Waals surface area contributed by atoms with E-state index in [9.17, 15) is 0 Å². The fourth-order valence-corrected chi connectivity index (χ4v) is 3.32. The van der Waals surface area contributed by atoms with Crippen LogP contribution in [-0.2, 0) is 0 Å². The third-order valence-electron chi connectivity index (χ3n) is 4.43. The van der Waals surface area contributed by atoms with Crippen molar-refractivity contribution >= 4 is 17.0 Å². The van der Waals surface area contributed by atoms with Gasteiger partial charge in [-0.05, 0) is 23.6 Å². The quantitative estimate of drug-likeness (QED) is 0.409. The van der Waals surface area contributed by atoms with E-state index in [0.29, 0.717) is 0 Å². The highest BCUT2D eigenvalue weighted by molar-refractivity contribution is 6.03. The van der Waals surface area contributed by atoms with Crippen LogP contribution in [0.1, 0.15) is 11.3 Å². The number of aryl methyl sites for hydroxylation is 1. The molecule has 0 unspecified atom stereocenters. The second-order valence-electron chi connectivity index (χ2n) is 5.87. The number of para-hydroxylation sites is 1. The van der Waals surface area contributed by atoms with E-state index in [-0.39, 0.29) is 0 Å². The lowest BCUT2D eigenvalue weighted by molar-refractivity contribution is 0.581. The van der Waals surface area contributed by atoms with Gasteiger partial charge in [0.2, 0.25) is 0 Å². The molecule has 4 aromatic rings. The van der Waals surface area contributed by atoms with Gasteiger partial charge in [0, 0.05) is 16.5 Å². The Kier molecular flexibility index (Phi) is 3.55. The molecule has 0 bridgehead atoms. The van der Waals surface area contributed by atoms with E-state index in [1.54, 1.807) is 0 Å². The second kappa shape index (κ2) is 5.86. The molecule has 116 valence electrons. The second-order valence-corrected chi connectivity index (χ2v) is 5.87. The molecule has 0 aliphatic rings. The zero-order valence-electron chi connectivity index (χ0n) is 13.6. The molecule has 0 radical (unpaired) electrons. The first-order valence-corrected chi connectivity index (χ1v) is 8.09. The Morgan fingerprint density at radius 1 is 0.792 bits per heavy atom. The van der Waals surface area contributed by atoms with Crippen molar-refractivity contribution in [3.63, 3.8) is 0 Å². The summed E-state index contributed by atoms with van der Waals surface area (Å²) < 4.78 is 6.20. The normalized spacial score (nSPS) is 10.9. The Morgan fingerprint density at radius 3 is 2.29 bits per heavy atom. The largest absolute Gasteiger partial charge is 0.460 e. The van der Waals surface area contributed by atoms with Crippen molar-refractivity contribution in [1.82, 2.24) is 0 Å². The first-order valence-electron chi connectivity index (χ1n) is 8.09. The molecule has 0 saturated heterocycles. The molecule has 0 aliphatic heterocycles. The molecule has 1 heterocycles. The van der Waals surface area contributed by atoms with Gasteiger partial charge in [0.25, 0.3) is 0 Å². The maximum Gasteiger partial charge on any atom is 0.142 e. The van der Waals surface area contributed by atoms with Crippen LogP contribution in [0.3, 0.4) is 0 Å². The predicted molar refractivity (Wildman–Crippen MR) is 102 cm³/mol. The standard InChI is InChI=1S/C23H18O/c1-3-17-10-7-8-13-19(17)22-16(2)24-23-20(14-9-15-21(22)23)18-11-5-4-6-12-18/h3-15H,1H2,2H3. The third-order valence-corrected chi connectivity index (χ3v) is 4.43. The van der Waals surface area contributed by atoms with E-state index in [0.717, 1.165) is 39.0 Å². The molecule has 0 atom stereocenters. The summed E-state index contributed by atoms with van der Waals surface area (Å²) in [6.07, 6.45) is 1.90. The molecule has 1 heteroatoms. The summed E-state index contributed by atoms with van der Waals surface area (Å²) in [6, 6.07) is 25.0. The molecule has 0 fully saturated rings. The fraction of sp³-hybridized carbons (Fsp3) is 0.0435. The van der Waals surface area contributed by atoms with E-state index in [1.165, 1.54) is 5.56 Å². The minimum absolute atomic E-state index is 0.933. The number of hydrogen-bond acceptors (Lipinski definition) is 1. The van der Waals surface area contributed by atoms with Crippen LogP contribution in [0.2, 0.25) is 0 Å². The van der Waals surface area contributed by atoms with Gasteiger partial charge < -0.3 is 4.42 Å². The van der Waals surface area contributed by atoms with Crippen LogP contribution in [-0.4, -0.2) is 0 Å². The maximum absolute atomic E-state index is 6.20. The van der Waals surface area contributed by atoms with Crippen LogP contribution >= 0.6 is 0 Å². The van der Waals surface area contributed by atoms with Gasteiger partial charge in [0.05, 0.1) is 0 Å². The van der Waals surface area contributed by atoms with Crippen LogP contribution < -0.4 is 0 Å². The molecule has 1 aromatic heterocycles. The summed E-state index contributed by atoms with van der Waals surface area (Å²) in [7, 11) is 0. The smallest absolute Gasteiger partial charge is 0.142 e. The highest BCUT2D eigenvalue weighted by atomic mass is 16.3. The van der Waals surface area contributed by atoms with Crippen LogP contribution in [0.5, 0.6) is 0 Å². The maximum atomic E-state index is 6.20. The summed E-state index contributed by atoms with van der Waals surface area (Å²) in [4.78, 5) is 0. The minimum Gasteiger partial charge on any atom is -0.460 e. The summed E-state index contributed by atoms with van der Waals surface area (Å²) in [5.41, 5.74) is 6.66. The molecule has 0 saturated carbocycles. The lowest BCUT2D eigenvalue weighted by Gasteiger charge is -2.06. The van der Waals surface area contributed by atoms with Crippen molar-refractivity contribution in [3.8, 4) is 22.3 Å². The van der Waals surface area contributed by atoms with Gasteiger partial charge in [-0.15, -0.1) is 0 Å². The van der Waals surface area contributed by atoms with E-state index < -0.39 is 0 Å². The summed E-state index contributed by atoms with van der Waals surface area (Å²) in [5.74, 6) is 0.933. The average molecular weight is 310 g/mol. The fourth-order valence-electron chi connectivity index (χ4n) is 3.32. The van der Waals surface area contributed by atoms with Crippen molar-refractivity contribution in [2.45, 2.75) is 6.92 Å². The zero-order valence-corrected chi connectivity index (χ0v) is 13.6. The Hall–Kier alpha value is -3.06. The van der Waals surface area contributed by atoms with Gasteiger partial charge in [-0.1, -0.05) is 85.5 Å². The Bertz CT molecular complexity index is 1020. The molecular formula is C23H18O. The lowest BCUT2D eigenvalue weighted by Crippen LogP contribution is -1.84. The van der Waals surface area contributed by atoms with Crippen LogP contribution in [0.25, 0.3) is 39.3 Å². The topological polar surface area (TPSA) is 13.1 Å². The highest BCUT2D eigenvalue weighted by Crippen LogP contribution is 2.40. The molecule has 0 spiro atoms. The molecule has 1 nitrogen and oxygen atoms in total. The SMILES string of the molecule is C=Cc1ccccc1-c1c(C)oc2c(-c3ccccc3)cccc12. The molecule has 0 aliphatic carbocycles. The zero-order chi connectivity index (χ0) is 16.5. The van der Waals surface area contributed by atoms with Crippen LogP contribution in [0.4, 0.5) is 0 Å². The first-order chi connectivity index (χ1) is 11.8. The molecule has 0 amide bonds. The number of hydrogen-bond donors (Lipinski definition) is 0. The van der Waals surface area contributed by atoms with E-state index in [2.05, 4.69) is 67.2 Å². The Morgan fingerprint density at radius 2 is 1.50 bits per heavy atom. The Balaban J connectivity index is 2.03. The monoisotopic (exact) mass is 310 g/mol. The molecular weight excluding hydrogens is 292 g/mol. The van der Waals surface area contributed by atoms with E-state index in [4.69, 9.17) is 4.42 Å². The number of furan rings is 1. The van der Waals surface area contributed by atoms with Gasteiger partial charge in [-0.3, -0.25) is 0 Å².